The van der Waals surface area contributed by atoms with E-state index in [-0.39, 0.29) is 29.7 Å². The molecule has 0 spiro atoms. The highest BCUT2D eigenvalue weighted by Crippen LogP contribution is 2.38. The molecule has 5 rings (SSSR count). The van der Waals surface area contributed by atoms with Gasteiger partial charge in [-0.1, -0.05) is 30.7 Å². The molecule has 2 aliphatic heterocycles. The van der Waals surface area contributed by atoms with Gasteiger partial charge in [0.1, 0.15) is 11.5 Å². The van der Waals surface area contributed by atoms with Gasteiger partial charge in [0.25, 0.3) is 0 Å². The molecule has 2 fully saturated rings. The largest absolute Gasteiger partial charge is 0.465 e. The Kier molecular flexibility index (Phi) is 6.54. The van der Waals surface area contributed by atoms with Crippen molar-refractivity contribution in [1.29, 1.82) is 0 Å². The summed E-state index contributed by atoms with van der Waals surface area (Å²) in [6.45, 7) is 5.78. The standard InChI is InChI=1S/C27H35N3O3/c1-19-9-10-23(33-19)18-29-13-6-2-5-12-28-26(31)24-15-22(16-25(24)29)27(32)30-14-11-20-7-3-4-8-21(20)17-30/h3-4,7-10,22,24-25H,2,5-6,11-18H2,1H3,(H,28,31). The second kappa shape index (κ2) is 9.72. The van der Waals surface area contributed by atoms with Gasteiger partial charge in [-0.2, -0.15) is 0 Å². The van der Waals surface area contributed by atoms with Crippen LogP contribution in [-0.4, -0.2) is 47.3 Å². The van der Waals surface area contributed by atoms with Crippen molar-refractivity contribution in [1.82, 2.24) is 15.1 Å². The Hall–Kier alpha value is -2.60. The van der Waals surface area contributed by atoms with E-state index in [1.165, 1.54) is 11.1 Å². The molecule has 1 aliphatic carbocycles. The summed E-state index contributed by atoms with van der Waals surface area (Å²) in [6, 6.07) is 12.5. The molecular formula is C27H35N3O3. The predicted octanol–water partition coefficient (Wildman–Crippen LogP) is 3.67. The minimum Gasteiger partial charge on any atom is -0.465 e. The second-order valence-corrected chi connectivity index (χ2v) is 9.96. The average Bonchev–Trinajstić information content (AvgIpc) is 3.45. The molecule has 1 saturated heterocycles. The first-order valence-electron chi connectivity index (χ1n) is 12.5. The zero-order chi connectivity index (χ0) is 22.8. The van der Waals surface area contributed by atoms with Gasteiger partial charge in [0, 0.05) is 31.6 Å². The van der Waals surface area contributed by atoms with E-state index in [2.05, 4.69) is 34.5 Å². The van der Waals surface area contributed by atoms with E-state index in [1.54, 1.807) is 0 Å². The quantitative estimate of drug-likeness (QED) is 0.777. The molecular weight excluding hydrogens is 414 g/mol. The maximum absolute atomic E-state index is 13.6. The normalized spacial score (nSPS) is 26.4. The molecule has 0 radical (unpaired) electrons. The van der Waals surface area contributed by atoms with E-state index < -0.39 is 0 Å². The molecule has 3 unspecified atom stereocenters. The van der Waals surface area contributed by atoms with Crippen LogP contribution in [0, 0.1) is 18.8 Å². The van der Waals surface area contributed by atoms with E-state index in [1.807, 2.05) is 24.0 Å². The number of amides is 2. The lowest BCUT2D eigenvalue weighted by Crippen LogP contribution is -2.45. The summed E-state index contributed by atoms with van der Waals surface area (Å²) >= 11 is 0. The van der Waals surface area contributed by atoms with Gasteiger partial charge in [-0.25, -0.2) is 0 Å². The lowest BCUT2D eigenvalue weighted by molar-refractivity contribution is -0.136. The Morgan fingerprint density at radius 2 is 1.91 bits per heavy atom. The van der Waals surface area contributed by atoms with E-state index in [0.717, 1.165) is 63.3 Å². The Morgan fingerprint density at radius 3 is 2.73 bits per heavy atom. The highest BCUT2D eigenvalue weighted by atomic mass is 16.3. The van der Waals surface area contributed by atoms with Crippen LogP contribution in [0.25, 0.3) is 0 Å². The number of aryl methyl sites for hydroxylation is 1. The Balaban J connectivity index is 1.34. The zero-order valence-electron chi connectivity index (χ0n) is 19.6. The molecule has 2 amide bonds. The first-order valence-corrected chi connectivity index (χ1v) is 12.5. The van der Waals surface area contributed by atoms with Gasteiger partial charge >= 0.3 is 0 Å². The van der Waals surface area contributed by atoms with Crippen LogP contribution in [0.15, 0.2) is 40.8 Å². The number of hydrogen-bond donors (Lipinski definition) is 1. The smallest absolute Gasteiger partial charge is 0.226 e. The van der Waals surface area contributed by atoms with Crippen molar-refractivity contribution in [2.45, 2.75) is 64.6 Å². The van der Waals surface area contributed by atoms with Crippen molar-refractivity contribution < 1.29 is 14.0 Å². The van der Waals surface area contributed by atoms with Crippen LogP contribution >= 0.6 is 0 Å². The third-order valence-corrected chi connectivity index (χ3v) is 7.70. The van der Waals surface area contributed by atoms with Crippen molar-refractivity contribution >= 4 is 11.8 Å². The van der Waals surface area contributed by atoms with E-state index in [9.17, 15) is 9.59 Å². The molecule has 2 aromatic rings. The van der Waals surface area contributed by atoms with Crippen LogP contribution in [0.3, 0.4) is 0 Å². The lowest BCUT2D eigenvalue weighted by atomic mass is 9.97. The second-order valence-electron chi connectivity index (χ2n) is 9.96. The summed E-state index contributed by atoms with van der Waals surface area (Å²) in [5, 5.41) is 3.15. The highest BCUT2D eigenvalue weighted by molar-refractivity contribution is 5.84. The number of carbonyl (C=O) groups is 2. The molecule has 0 bridgehead atoms. The Morgan fingerprint density at radius 1 is 1.06 bits per heavy atom. The zero-order valence-corrected chi connectivity index (χ0v) is 19.6. The summed E-state index contributed by atoms with van der Waals surface area (Å²) in [4.78, 5) is 31.2. The van der Waals surface area contributed by atoms with Gasteiger partial charge in [-0.3, -0.25) is 14.5 Å². The summed E-state index contributed by atoms with van der Waals surface area (Å²) in [5.74, 6) is 1.93. The summed E-state index contributed by atoms with van der Waals surface area (Å²) in [7, 11) is 0. The van der Waals surface area contributed by atoms with Gasteiger partial charge in [0.2, 0.25) is 11.8 Å². The predicted molar refractivity (Wildman–Crippen MR) is 126 cm³/mol. The number of rotatable bonds is 3. The topological polar surface area (TPSA) is 65.8 Å². The minimum absolute atomic E-state index is 0.0690. The molecule has 6 heteroatoms. The van der Waals surface area contributed by atoms with Crippen molar-refractivity contribution in [3.8, 4) is 0 Å². The first-order chi connectivity index (χ1) is 16.1. The molecule has 1 aromatic carbocycles. The average molecular weight is 450 g/mol. The SMILES string of the molecule is Cc1ccc(CN2CCCCCNC(=O)C3CC(C(=O)N4CCc5ccccc5C4)CC32)o1. The van der Waals surface area contributed by atoms with Crippen molar-refractivity contribution in [2.75, 3.05) is 19.6 Å². The Labute approximate surface area is 196 Å². The summed E-state index contributed by atoms with van der Waals surface area (Å²) in [6.07, 6.45) is 5.50. The molecule has 6 nitrogen and oxygen atoms in total. The monoisotopic (exact) mass is 449 g/mol. The third-order valence-electron chi connectivity index (χ3n) is 7.70. The molecule has 1 N–H and O–H groups in total. The fraction of sp³-hybridized carbons (Fsp3) is 0.556. The van der Waals surface area contributed by atoms with E-state index in [0.29, 0.717) is 19.5 Å². The van der Waals surface area contributed by atoms with Crippen molar-refractivity contribution in [3.63, 3.8) is 0 Å². The maximum Gasteiger partial charge on any atom is 0.226 e. The molecule has 3 heterocycles. The van der Waals surface area contributed by atoms with Gasteiger partial charge in [-0.05, 0) is 68.8 Å². The van der Waals surface area contributed by atoms with Gasteiger partial charge in [-0.15, -0.1) is 0 Å². The first kappa shape index (κ1) is 22.2. The summed E-state index contributed by atoms with van der Waals surface area (Å²) in [5.41, 5.74) is 2.60. The summed E-state index contributed by atoms with van der Waals surface area (Å²) < 4.78 is 5.87. The molecule has 3 atom stereocenters. The van der Waals surface area contributed by atoms with Crippen LogP contribution in [-0.2, 0) is 29.1 Å². The number of nitrogens with zero attached hydrogens (tertiary/aromatic N) is 2. The van der Waals surface area contributed by atoms with Crippen molar-refractivity contribution in [3.05, 3.63) is 59.0 Å². The molecule has 3 aliphatic rings. The number of carbonyl (C=O) groups excluding carboxylic acids is 2. The fourth-order valence-corrected chi connectivity index (χ4v) is 5.94. The number of benzene rings is 1. The lowest BCUT2D eigenvalue weighted by Gasteiger charge is -2.33. The van der Waals surface area contributed by atoms with Gasteiger partial charge in [0.05, 0.1) is 12.5 Å². The van der Waals surface area contributed by atoms with Crippen LogP contribution in [0.1, 0.15) is 54.8 Å². The highest BCUT2D eigenvalue weighted by Gasteiger charge is 2.45. The molecule has 1 saturated carbocycles. The third kappa shape index (κ3) is 4.86. The molecule has 1 aromatic heterocycles. The number of hydrogen-bond acceptors (Lipinski definition) is 4. The Bertz CT molecular complexity index is 1000. The van der Waals surface area contributed by atoms with Crippen LogP contribution in [0.5, 0.6) is 0 Å². The van der Waals surface area contributed by atoms with Crippen molar-refractivity contribution in [2.24, 2.45) is 11.8 Å². The maximum atomic E-state index is 13.6. The van der Waals surface area contributed by atoms with Crippen LogP contribution in [0.4, 0.5) is 0 Å². The number of fused-ring (bicyclic) bond motifs is 2. The molecule has 33 heavy (non-hydrogen) atoms. The van der Waals surface area contributed by atoms with Gasteiger partial charge < -0.3 is 14.6 Å². The van der Waals surface area contributed by atoms with E-state index in [4.69, 9.17) is 4.42 Å². The fourth-order valence-electron chi connectivity index (χ4n) is 5.94. The van der Waals surface area contributed by atoms with Crippen LogP contribution in [0.2, 0.25) is 0 Å². The minimum atomic E-state index is -0.148. The van der Waals surface area contributed by atoms with E-state index >= 15 is 0 Å². The van der Waals surface area contributed by atoms with Gasteiger partial charge in [0.15, 0.2) is 0 Å². The van der Waals surface area contributed by atoms with Crippen LogP contribution < -0.4 is 5.32 Å². The number of furan rings is 1. The number of nitrogens with one attached hydrogen (secondary N) is 1. The molecule has 176 valence electrons.